The second kappa shape index (κ2) is 6.68. The van der Waals surface area contributed by atoms with Gasteiger partial charge in [0.1, 0.15) is 0 Å². The van der Waals surface area contributed by atoms with E-state index in [4.69, 9.17) is 0 Å². The molecule has 0 spiro atoms. The van der Waals surface area contributed by atoms with Gasteiger partial charge in [0, 0.05) is 26.7 Å². The number of nitrogens with one attached hydrogen (secondary N) is 2. The average Bonchev–Trinajstić information content (AvgIpc) is 2.11. The van der Waals surface area contributed by atoms with Crippen molar-refractivity contribution in [1.29, 1.82) is 0 Å². The molecule has 0 aromatic rings. The number of hydrazine groups is 1. The first-order chi connectivity index (χ1) is 6.10. The Bertz CT molecular complexity index is 149. The molecule has 0 atom stereocenters. The molecule has 0 aliphatic heterocycles. The van der Waals surface area contributed by atoms with E-state index in [0.29, 0.717) is 0 Å². The van der Waals surface area contributed by atoms with Crippen LogP contribution < -0.4 is 10.7 Å². The van der Waals surface area contributed by atoms with Gasteiger partial charge in [-0.2, -0.15) is 0 Å². The highest BCUT2D eigenvalue weighted by Gasteiger charge is 2.04. The van der Waals surface area contributed by atoms with Crippen LogP contribution in [0.4, 0.5) is 4.79 Å². The molecule has 2 N–H and O–H groups in total. The number of hydrogen-bond acceptors (Lipinski definition) is 3. The topological polar surface area (TPSA) is 47.6 Å². The number of hydrogen-bond donors (Lipinski definition) is 2. The van der Waals surface area contributed by atoms with Crippen LogP contribution >= 0.6 is 0 Å². The van der Waals surface area contributed by atoms with Crippen LogP contribution in [0.2, 0.25) is 0 Å². The maximum atomic E-state index is 10.9. The van der Waals surface area contributed by atoms with Crippen LogP contribution in [-0.2, 0) is 0 Å². The number of carbonyl (C=O) groups excluding carboxylic acids is 1. The molecular weight excluding hydrogens is 168 g/mol. The van der Waals surface area contributed by atoms with E-state index in [1.165, 1.54) is 0 Å². The van der Waals surface area contributed by atoms with Gasteiger partial charge in [-0.1, -0.05) is 6.92 Å². The van der Waals surface area contributed by atoms with Crippen molar-refractivity contribution in [2.75, 3.05) is 40.8 Å². The summed E-state index contributed by atoms with van der Waals surface area (Å²) in [5.74, 6) is 0. The normalized spacial score (nSPS) is 10.6. The molecule has 0 rings (SSSR count). The second-order valence-electron chi connectivity index (χ2n) is 3.07. The number of nitrogens with zero attached hydrogens (tertiary/aromatic N) is 2. The van der Waals surface area contributed by atoms with Crippen molar-refractivity contribution in [3.8, 4) is 0 Å². The predicted molar refractivity (Wildman–Crippen MR) is 53.4 cm³/mol. The molecular formula is C8H20N4O. The van der Waals surface area contributed by atoms with E-state index in [1.54, 1.807) is 7.05 Å². The predicted octanol–water partition coefficient (Wildman–Crippen LogP) is -0.286. The molecule has 0 aliphatic carbocycles. The fourth-order valence-corrected chi connectivity index (χ4v) is 0.813. The summed E-state index contributed by atoms with van der Waals surface area (Å²) >= 11 is 0. The Hall–Kier alpha value is -0.810. The summed E-state index contributed by atoms with van der Waals surface area (Å²) in [6, 6.07) is -0.166. The molecule has 0 aliphatic rings. The number of likely N-dealkylation sites (N-methyl/N-ethyl adjacent to an activating group) is 2. The summed E-state index contributed by atoms with van der Waals surface area (Å²) < 4.78 is 0. The molecule has 0 saturated carbocycles. The van der Waals surface area contributed by atoms with Gasteiger partial charge in [0.2, 0.25) is 0 Å². The zero-order chi connectivity index (χ0) is 10.3. The number of rotatable bonds is 5. The van der Waals surface area contributed by atoms with Crippen molar-refractivity contribution in [2.45, 2.75) is 6.92 Å². The average molecular weight is 188 g/mol. The maximum Gasteiger partial charge on any atom is 0.329 e. The number of urea groups is 1. The van der Waals surface area contributed by atoms with Crippen molar-refractivity contribution in [3.05, 3.63) is 0 Å². The zero-order valence-electron chi connectivity index (χ0n) is 8.92. The smallest absolute Gasteiger partial charge is 0.329 e. The van der Waals surface area contributed by atoms with Gasteiger partial charge < -0.3 is 10.2 Å². The van der Waals surface area contributed by atoms with Gasteiger partial charge in [-0.3, -0.25) is 5.43 Å². The van der Waals surface area contributed by atoms with Crippen LogP contribution in [0, 0.1) is 0 Å². The lowest BCUT2D eigenvalue weighted by Gasteiger charge is -2.22. The van der Waals surface area contributed by atoms with Gasteiger partial charge in [0.15, 0.2) is 0 Å². The molecule has 0 saturated heterocycles. The third kappa shape index (κ3) is 6.36. The minimum absolute atomic E-state index is 0.166. The molecule has 5 nitrogen and oxygen atoms in total. The van der Waals surface area contributed by atoms with Crippen LogP contribution in [0.1, 0.15) is 6.92 Å². The van der Waals surface area contributed by atoms with Crippen LogP contribution in [0.3, 0.4) is 0 Å². The summed E-state index contributed by atoms with van der Waals surface area (Å²) in [7, 11) is 5.62. The van der Waals surface area contributed by atoms with Gasteiger partial charge >= 0.3 is 6.03 Å². The molecule has 0 bridgehead atoms. The van der Waals surface area contributed by atoms with E-state index >= 15 is 0 Å². The molecule has 0 heterocycles. The summed E-state index contributed by atoms with van der Waals surface area (Å²) in [5.41, 5.74) is 2.73. The highest BCUT2D eigenvalue weighted by atomic mass is 16.2. The Morgan fingerprint density at radius 2 is 1.92 bits per heavy atom. The van der Waals surface area contributed by atoms with Gasteiger partial charge in [0.25, 0.3) is 0 Å². The first-order valence-corrected chi connectivity index (χ1v) is 4.48. The van der Waals surface area contributed by atoms with Crippen molar-refractivity contribution in [3.63, 3.8) is 0 Å². The Morgan fingerprint density at radius 3 is 2.31 bits per heavy atom. The molecule has 0 aromatic carbocycles. The fraction of sp³-hybridized carbons (Fsp3) is 0.875. The van der Waals surface area contributed by atoms with Crippen LogP contribution in [0.15, 0.2) is 0 Å². The molecule has 5 heteroatoms. The molecule has 78 valence electrons. The lowest BCUT2D eigenvalue weighted by Crippen LogP contribution is -2.48. The quantitative estimate of drug-likeness (QED) is 0.583. The van der Waals surface area contributed by atoms with Crippen molar-refractivity contribution in [1.82, 2.24) is 20.7 Å². The van der Waals surface area contributed by atoms with Gasteiger partial charge in [-0.15, -0.1) is 0 Å². The zero-order valence-corrected chi connectivity index (χ0v) is 8.92. The molecule has 0 radical (unpaired) electrons. The maximum absolute atomic E-state index is 10.9. The minimum atomic E-state index is -0.166. The number of carbonyl (C=O) groups is 1. The van der Waals surface area contributed by atoms with E-state index < -0.39 is 0 Å². The van der Waals surface area contributed by atoms with E-state index in [2.05, 4.69) is 15.6 Å². The standard InChI is InChI=1S/C8H20N4O/c1-5-12(7-6-11(3)4)10-8(13)9-2/h5-7H2,1-4H3,(H2,9,10,13). The summed E-state index contributed by atoms with van der Waals surface area (Å²) in [5, 5.41) is 4.39. The number of amides is 2. The van der Waals surface area contributed by atoms with Crippen molar-refractivity contribution in [2.24, 2.45) is 0 Å². The van der Waals surface area contributed by atoms with Gasteiger partial charge in [-0.05, 0) is 14.1 Å². The summed E-state index contributed by atoms with van der Waals surface area (Å²) in [6.45, 7) is 4.57. The first kappa shape index (κ1) is 12.2. The van der Waals surface area contributed by atoms with E-state index in [9.17, 15) is 4.79 Å². The third-order valence-corrected chi connectivity index (χ3v) is 1.69. The SMILES string of the molecule is CCN(CCN(C)C)NC(=O)NC. The highest BCUT2D eigenvalue weighted by Crippen LogP contribution is 1.83. The van der Waals surface area contributed by atoms with E-state index in [1.807, 2.05) is 26.0 Å². The summed E-state index contributed by atoms with van der Waals surface area (Å²) in [6.07, 6.45) is 0. The molecule has 0 unspecified atom stereocenters. The summed E-state index contributed by atoms with van der Waals surface area (Å²) in [4.78, 5) is 13.0. The van der Waals surface area contributed by atoms with Gasteiger partial charge in [0.05, 0.1) is 0 Å². The van der Waals surface area contributed by atoms with Crippen molar-refractivity contribution >= 4 is 6.03 Å². The van der Waals surface area contributed by atoms with E-state index in [-0.39, 0.29) is 6.03 Å². The van der Waals surface area contributed by atoms with Crippen LogP contribution in [0.25, 0.3) is 0 Å². The monoisotopic (exact) mass is 188 g/mol. The lowest BCUT2D eigenvalue weighted by atomic mass is 10.5. The largest absolute Gasteiger partial charge is 0.340 e. The highest BCUT2D eigenvalue weighted by molar-refractivity contribution is 5.72. The Morgan fingerprint density at radius 1 is 1.31 bits per heavy atom. The Kier molecular flexibility index (Phi) is 6.26. The van der Waals surface area contributed by atoms with Gasteiger partial charge in [-0.25, -0.2) is 9.80 Å². The Labute approximate surface area is 80.0 Å². The molecule has 0 aromatic heterocycles. The van der Waals surface area contributed by atoms with Crippen molar-refractivity contribution < 1.29 is 4.79 Å². The Balaban J connectivity index is 3.69. The molecule has 0 fully saturated rings. The second-order valence-corrected chi connectivity index (χ2v) is 3.07. The fourth-order valence-electron chi connectivity index (χ4n) is 0.813. The van der Waals surface area contributed by atoms with E-state index in [0.717, 1.165) is 19.6 Å². The minimum Gasteiger partial charge on any atom is -0.340 e. The first-order valence-electron chi connectivity index (χ1n) is 4.48. The lowest BCUT2D eigenvalue weighted by molar-refractivity contribution is 0.172. The van der Waals surface area contributed by atoms with Crippen LogP contribution in [0.5, 0.6) is 0 Å². The molecule has 13 heavy (non-hydrogen) atoms. The molecule has 2 amide bonds. The van der Waals surface area contributed by atoms with Crippen LogP contribution in [-0.4, -0.2) is 56.7 Å². The third-order valence-electron chi connectivity index (χ3n) is 1.69.